The second-order valence-electron chi connectivity index (χ2n) is 4.05. The summed E-state index contributed by atoms with van der Waals surface area (Å²) in [6.45, 7) is 5.63. The van der Waals surface area contributed by atoms with E-state index in [1.807, 2.05) is 24.3 Å². The van der Waals surface area contributed by atoms with Crippen LogP contribution in [0.3, 0.4) is 0 Å². The van der Waals surface area contributed by atoms with Gasteiger partial charge >= 0.3 is 0 Å². The van der Waals surface area contributed by atoms with Crippen LogP contribution >= 0.6 is 0 Å². The van der Waals surface area contributed by atoms with Crippen molar-refractivity contribution in [3.05, 3.63) is 42.5 Å². The minimum Gasteiger partial charge on any atom is -0.489 e. The maximum absolute atomic E-state index is 10.9. The fourth-order valence-corrected chi connectivity index (χ4v) is 1.96. The third-order valence-corrected chi connectivity index (χ3v) is 3.04. The van der Waals surface area contributed by atoms with Gasteiger partial charge in [0.15, 0.2) is 0 Å². The zero-order valence-electron chi connectivity index (χ0n) is 11.1. The van der Waals surface area contributed by atoms with E-state index in [-0.39, 0.29) is 0 Å². The van der Waals surface area contributed by atoms with E-state index in [1.165, 1.54) is 0 Å². The molecule has 1 aromatic rings. The summed E-state index contributed by atoms with van der Waals surface area (Å²) in [7, 11) is -3.12. The van der Waals surface area contributed by atoms with Crippen LogP contribution in [0.2, 0.25) is 0 Å². The molecule has 0 unspecified atom stereocenters. The lowest BCUT2D eigenvalue weighted by Gasteiger charge is -2.11. The molecule has 0 aromatic heterocycles. The Balaban J connectivity index is 2.38. The van der Waals surface area contributed by atoms with E-state index in [9.17, 15) is 8.42 Å². The Bertz CT molecular complexity index is 500. The van der Waals surface area contributed by atoms with Crippen molar-refractivity contribution in [2.24, 2.45) is 0 Å². The lowest BCUT2D eigenvalue weighted by Crippen LogP contribution is -2.30. The van der Waals surface area contributed by atoms with Crippen LogP contribution in [-0.2, 0) is 16.6 Å². The summed E-state index contributed by atoms with van der Waals surface area (Å²) in [6.07, 6.45) is 2.84. The number of sulfonamides is 1. The highest BCUT2D eigenvalue weighted by Crippen LogP contribution is 2.17. The molecule has 0 fully saturated rings. The minimum atomic E-state index is -3.12. The first kappa shape index (κ1) is 15.7. The van der Waals surface area contributed by atoms with Crippen molar-refractivity contribution in [3.63, 3.8) is 0 Å². The average Bonchev–Trinajstić information content (AvgIpc) is 2.36. The molecule has 6 heteroatoms. The standard InChI is InChI=1S/C13H20N2O3S/c1-3-10-18-13-7-5-4-6-12(13)11-14-8-9-15-19(2,16)17/h3-7,14-15H,1,8-11H2,2H3. The Morgan fingerprint density at radius 3 is 2.74 bits per heavy atom. The molecular formula is C13H20N2O3S. The number of ether oxygens (including phenoxy) is 1. The maximum atomic E-state index is 10.9. The SMILES string of the molecule is C=CCOc1ccccc1CNCCNS(C)(=O)=O. The number of para-hydroxylation sites is 1. The van der Waals surface area contributed by atoms with Crippen LogP contribution in [-0.4, -0.2) is 34.4 Å². The summed E-state index contributed by atoms with van der Waals surface area (Å²) in [5.74, 6) is 0.811. The molecule has 0 bridgehead atoms. The van der Waals surface area contributed by atoms with E-state index in [1.54, 1.807) is 6.08 Å². The number of hydrogen-bond donors (Lipinski definition) is 2. The second kappa shape index (κ2) is 7.93. The molecule has 0 saturated heterocycles. The predicted molar refractivity (Wildman–Crippen MR) is 76.7 cm³/mol. The average molecular weight is 284 g/mol. The Morgan fingerprint density at radius 1 is 1.32 bits per heavy atom. The van der Waals surface area contributed by atoms with Crippen molar-refractivity contribution in [2.45, 2.75) is 6.54 Å². The first-order valence-electron chi connectivity index (χ1n) is 6.00. The lowest BCUT2D eigenvalue weighted by atomic mass is 10.2. The van der Waals surface area contributed by atoms with E-state index >= 15 is 0 Å². The summed E-state index contributed by atoms with van der Waals surface area (Å²) in [6, 6.07) is 7.71. The monoisotopic (exact) mass is 284 g/mol. The van der Waals surface area contributed by atoms with Crippen LogP contribution in [0.5, 0.6) is 5.75 Å². The van der Waals surface area contributed by atoms with E-state index < -0.39 is 10.0 Å². The molecule has 0 atom stereocenters. The Hall–Kier alpha value is -1.37. The summed E-state index contributed by atoms with van der Waals surface area (Å²) < 4.78 is 29.7. The van der Waals surface area contributed by atoms with E-state index in [0.717, 1.165) is 17.6 Å². The zero-order valence-corrected chi connectivity index (χ0v) is 11.9. The molecular weight excluding hydrogens is 264 g/mol. The van der Waals surface area contributed by atoms with Crippen molar-refractivity contribution in [1.82, 2.24) is 10.0 Å². The largest absolute Gasteiger partial charge is 0.489 e. The smallest absolute Gasteiger partial charge is 0.208 e. The van der Waals surface area contributed by atoms with Gasteiger partial charge in [0.25, 0.3) is 0 Å². The predicted octanol–water partition coefficient (Wildman–Crippen LogP) is 0.890. The molecule has 0 heterocycles. The Labute approximate surface area is 114 Å². The molecule has 5 nitrogen and oxygen atoms in total. The van der Waals surface area contributed by atoms with Gasteiger partial charge in [0.2, 0.25) is 10.0 Å². The molecule has 0 amide bonds. The van der Waals surface area contributed by atoms with Gasteiger partial charge in [-0.15, -0.1) is 0 Å². The van der Waals surface area contributed by atoms with Crippen LogP contribution in [0.25, 0.3) is 0 Å². The fourth-order valence-electron chi connectivity index (χ4n) is 1.49. The van der Waals surface area contributed by atoms with Gasteiger partial charge in [-0.2, -0.15) is 0 Å². The van der Waals surface area contributed by atoms with Gasteiger partial charge in [-0.1, -0.05) is 30.9 Å². The lowest BCUT2D eigenvalue weighted by molar-refractivity contribution is 0.358. The number of hydrogen-bond acceptors (Lipinski definition) is 4. The molecule has 0 spiro atoms. The van der Waals surface area contributed by atoms with Crippen molar-refractivity contribution >= 4 is 10.0 Å². The molecule has 2 N–H and O–H groups in total. The molecule has 0 radical (unpaired) electrons. The molecule has 0 aliphatic carbocycles. The van der Waals surface area contributed by atoms with Gasteiger partial charge in [0.1, 0.15) is 12.4 Å². The quantitative estimate of drug-likeness (QED) is 0.522. The van der Waals surface area contributed by atoms with Crippen molar-refractivity contribution in [1.29, 1.82) is 0 Å². The third kappa shape index (κ3) is 6.95. The van der Waals surface area contributed by atoms with Crippen LogP contribution in [0, 0.1) is 0 Å². The van der Waals surface area contributed by atoms with Crippen molar-refractivity contribution < 1.29 is 13.2 Å². The Kier molecular flexibility index (Phi) is 6.55. The highest BCUT2D eigenvalue weighted by atomic mass is 32.2. The van der Waals surface area contributed by atoms with Crippen molar-refractivity contribution in [3.8, 4) is 5.75 Å². The van der Waals surface area contributed by atoms with E-state index in [0.29, 0.717) is 26.2 Å². The van der Waals surface area contributed by atoms with Crippen LogP contribution in [0.4, 0.5) is 0 Å². The zero-order chi connectivity index (χ0) is 14.1. The van der Waals surface area contributed by atoms with Gasteiger partial charge in [-0.25, -0.2) is 13.1 Å². The maximum Gasteiger partial charge on any atom is 0.208 e. The highest BCUT2D eigenvalue weighted by molar-refractivity contribution is 7.88. The Morgan fingerprint density at radius 2 is 2.05 bits per heavy atom. The first-order valence-corrected chi connectivity index (χ1v) is 7.89. The van der Waals surface area contributed by atoms with Crippen molar-refractivity contribution in [2.75, 3.05) is 26.0 Å². The molecule has 19 heavy (non-hydrogen) atoms. The number of rotatable bonds is 9. The summed E-state index contributed by atoms with van der Waals surface area (Å²) in [5.41, 5.74) is 1.03. The third-order valence-electron chi connectivity index (χ3n) is 2.31. The molecule has 1 aromatic carbocycles. The normalized spacial score (nSPS) is 11.2. The number of nitrogens with one attached hydrogen (secondary N) is 2. The second-order valence-corrected chi connectivity index (χ2v) is 5.88. The summed E-state index contributed by atoms with van der Waals surface area (Å²) in [5, 5.41) is 3.16. The van der Waals surface area contributed by atoms with Crippen LogP contribution in [0.15, 0.2) is 36.9 Å². The molecule has 0 aliphatic rings. The van der Waals surface area contributed by atoms with Gasteiger partial charge in [-0.3, -0.25) is 0 Å². The van der Waals surface area contributed by atoms with Gasteiger partial charge in [-0.05, 0) is 6.07 Å². The van der Waals surface area contributed by atoms with Gasteiger partial charge in [0.05, 0.1) is 6.26 Å². The van der Waals surface area contributed by atoms with E-state index in [2.05, 4.69) is 16.6 Å². The molecule has 0 aliphatic heterocycles. The van der Waals surface area contributed by atoms with Gasteiger partial charge < -0.3 is 10.1 Å². The minimum absolute atomic E-state index is 0.370. The van der Waals surface area contributed by atoms with Gasteiger partial charge in [0, 0.05) is 25.2 Å². The highest BCUT2D eigenvalue weighted by Gasteiger charge is 2.02. The van der Waals surface area contributed by atoms with Crippen LogP contribution < -0.4 is 14.8 Å². The summed E-state index contributed by atoms with van der Waals surface area (Å²) >= 11 is 0. The van der Waals surface area contributed by atoms with E-state index in [4.69, 9.17) is 4.74 Å². The first-order chi connectivity index (χ1) is 9.03. The molecule has 1 rings (SSSR count). The topological polar surface area (TPSA) is 67.4 Å². The fraction of sp³-hybridized carbons (Fsp3) is 0.385. The van der Waals surface area contributed by atoms with Crippen LogP contribution in [0.1, 0.15) is 5.56 Å². The molecule has 0 saturated carbocycles. The number of benzene rings is 1. The summed E-state index contributed by atoms with van der Waals surface area (Å²) in [4.78, 5) is 0. The molecule has 106 valence electrons.